The molecular weight excluding hydrogens is 492 g/mol. The van der Waals surface area contributed by atoms with Gasteiger partial charge in [-0.15, -0.1) is 0 Å². The average molecular weight is 529 g/mol. The molecule has 0 radical (unpaired) electrons. The van der Waals surface area contributed by atoms with E-state index in [1.807, 2.05) is 30.3 Å². The molecule has 2 N–H and O–H groups in total. The van der Waals surface area contributed by atoms with Crippen LogP contribution < -0.4 is 20.1 Å². The summed E-state index contributed by atoms with van der Waals surface area (Å²) in [4.78, 5) is 39.7. The van der Waals surface area contributed by atoms with Crippen LogP contribution in [0.2, 0.25) is 0 Å². The Morgan fingerprint density at radius 3 is 2.13 bits per heavy atom. The van der Waals surface area contributed by atoms with E-state index in [4.69, 9.17) is 9.47 Å². The molecule has 0 bridgehead atoms. The molecule has 7 nitrogen and oxygen atoms in total. The third-order valence-electron chi connectivity index (χ3n) is 7.66. The quantitative estimate of drug-likeness (QED) is 0.501. The van der Waals surface area contributed by atoms with Gasteiger partial charge in [-0.25, -0.2) is 0 Å². The highest BCUT2D eigenvalue weighted by Crippen LogP contribution is 2.51. The molecular formula is C32H36N2O5. The first-order valence-electron chi connectivity index (χ1n) is 13.4. The van der Waals surface area contributed by atoms with Gasteiger partial charge in [-0.1, -0.05) is 52.0 Å². The van der Waals surface area contributed by atoms with E-state index in [0.29, 0.717) is 41.2 Å². The molecule has 5 rings (SSSR count). The predicted octanol–water partition coefficient (Wildman–Crippen LogP) is 5.69. The number of hydrogen-bond donors (Lipinski definition) is 2. The Balaban J connectivity index is 1.44. The number of anilines is 1. The Bertz CT molecular complexity index is 1360. The third-order valence-corrected chi connectivity index (χ3v) is 7.66. The first-order chi connectivity index (χ1) is 18.5. The van der Waals surface area contributed by atoms with E-state index in [9.17, 15) is 14.4 Å². The van der Waals surface area contributed by atoms with Crippen LogP contribution in [0.15, 0.2) is 71.1 Å². The topological polar surface area (TPSA) is 93.7 Å². The zero-order valence-electron chi connectivity index (χ0n) is 23.3. The van der Waals surface area contributed by atoms with E-state index >= 15 is 0 Å². The minimum atomic E-state index is -0.450. The van der Waals surface area contributed by atoms with E-state index < -0.39 is 5.92 Å². The largest absolute Gasteiger partial charge is 0.495 e. The number of nitrogens with one attached hydrogen (secondary N) is 2. The van der Waals surface area contributed by atoms with Crippen LogP contribution in [0.5, 0.6) is 11.5 Å². The van der Waals surface area contributed by atoms with Crippen molar-refractivity contribution in [1.82, 2.24) is 5.32 Å². The molecule has 7 heteroatoms. The van der Waals surface area contributed by atoms with E-state index in [1.165, 1.54) is 0 Å². The summed E-state index contributed by atoms with van der Waals surface area (Å²) < 4.78 is 11.2. The van der Waals surface area contributed by atoms with E-state index in [-0.39, 0.29) is 34.9 Å². The predicted molar refractivity (Wildman–Crippen MR) is 150 cm³/mol. The Morgan fingerprint density at radius 2 is 1.51 bits per heavy atom. The smallest absolute Gasteiger partial charge is 0.262 e. The van der Waals surface area contributed by atoms with Crippen molar-refractivity contribution in [2.45, 2.75) is 59.3 Å². The molecule has 0 unspecified atom stereocenters. The third kappa shape index (κ3) is 5.49. The van der Waals surface area contributed by atoms with Crippen molar-refractivity contribution in [3.63, 3.8) is 0 Å². The van der Waals surface area contributed by atoms with Crippen LogP contribution in [0.4, 0.5) is 5.69 Å². The van der Waals surface area contributed by atoms with Gasteiger partial charge in [0.05, 0.1) is 12.8 Å². The van der Waals surface area contributed by atoms with Crippen molar-refractivity contribution in [2.24, 2.45) is 10.8 Å². The molecule has 1 amide bonds. The van der Waals surface area contributed by atoms with Gasteiger partial charge in [-0.3, -0.25) is 14.4 Å². The van der Waals surface area contributed by atoms with Gasteiger partial charge in [0.25, 0.3) is 5.91 Å². The van der Waals surface area contributed by atoms with Gasteiger partial charge >= 0.3 is 0 Å². The number of benzene rings is 2. The molecule has 1 aliphatic heterocycles. The molecule has 3 aliphatic rings. The Hall–Kier alpha value is -3.87. The Morgan fingerprint density at radius 1 is 0.897 bits per heavy atom. The molecule has 0 aromatic heterocycles. The van der Waals surface area contributed by atoms with Crippen molar-refractivity contribution < 1.29 is 23.9 Å². The summed E-state index contributed by atoms with van der Waals surface area (Å²) in [5.74, 6) is 0.437. The van der Waals surface area contributed by atoms with Gasteiger partial charge in [0.1, 0.15) is 11.5 Å². The standard InChI is InChI=1S/C32H36N2O5/c1-31(2)14-22-29(24(35)16-31)28(30-23(33-22)15-32(3,4)17-25(30)36)19-9-8-10-20(13-19)39-18-27(37)34-21-11-6-7-12-26(21)38-5/h6-13,28,33H,14-18H2,1-5H3,(H,34,37). The average Bonchev–Trinajstić information content (AvgIpc) is 2.85. The molecule has 39 heavy (non-hydrogen) atoms. The summed E-state index contributed by atoms with van der Waals surface area (Å²) >= 11 is 0. The number of para-hydroxylation sites is 2. The van der Waals surface area contributed by atoms with Crippen LogP contribution >= 0.6 is 0 Å². The van der Waals surface area contributed by atoms with Crippen LogP contribution in [0.25, 0.3) is 0 Å². The second-order valence-corrected chi connectivity index (χ2v) is 12.3. The van der Waals surface area contributed by atoms with Crippen LogP contribution in [0.3, 0.4) is 0 Å². The lowest BCUT2D eigenvalue weighted by Crippen LogP contribution is -2.42. The lowest BCUT2D eigenvalue weighted by Gasteiger charge is -2.44. The second-order valence-electron chi connectivity index (χ2n) is 12.3. The molecule has 0 saturated carbocycles. The minimum absolute atomic E-state index is 0.0745. The molecule has 0 atom stereocenters. The summed E-state index contributed by atoms with van der Waals surface area (Å²) in [6, 6.07) is 14.6. The first-order valence-corrected chi connectivity index (χ1v) is 13.4. The minimum Gasteiger partial charge on any atom is -0.495 e. The highest BCUT2D eigenvalue weighted by Gasteiger charge is 2.46. The van der Waals surface area contributed by atoms with Gasteiger partial charge in [0.15, 0.2) is 18.2 Å². The zero-order valence-corrected chi connectivity index (χ0v) is 23.3. The fraction of sp³-hybridized carbons (Fsp3) is 0.406. The summed E-state index contributed by atoms with van der Waals surface area (Å²) in [5, 5.41) is 6.35. The molecule has 0 saturated heterocycles. The highest BCUT2D eigenvalue weighted by molar-refractivity contribution is 6.06. The van der Waals surface area contributed by atoms with E-state index in [0.717, 1.165) is 29.8 Å². The van der Waals surface area contributed by atoms with Gasteiger partial charge < -0.3 is 20.1 Å². The van der Waals surface area contributed by atoms with Crippen LogP contribution in [-0.4, -0.2) is 31.2 Å². The van der Waals surface area contributed by atoms with Gasteiger partial charge in [-0.05, 0) is 53.5 Å². The van der Waals surface area contributed by atoms with Crippen molar-refractivity contribution in [3.05, 3.63) is 76.6 Å². The van der Waals surface area contributed by atoms with Gasteiger partial charge in [-0.2, -0.15) is 0 Å². The Labute approximate surface area is 229 Å². The normalized spacial score (nSPS) is 20.1. The number of carbonyl (C=O) groups excluding carboxylic acids is 3. The Kier molecular flexibility index (Phi) is 6.87. The maximum Gasteiger partial charge on any atom is 0.262 e. The molecule has 2 aliphatic carbocycles. The lowest BCUT2D eigenvalue weighted by atomic mass is 9.64. The maximum absolute atomic E-state index is 13.5. The monoisotopic (exact) mass is 528 g/mol. The fourth-order valence-electron chi connectivity index (χ4n) is 6.09. The molecule has 204 valence electrons. The van der Waals surface area contributed by atoms with E-state index in [2.05, 4.69) is 38.3 Å². The number of allylic oxidation sites excluding steroid dienone is 4. The van der Waals surface area contributed by atoms with Crippen LogP contribution in [-0.2, 0) is 14.4 Å². The lowest BCUT2D eigenvalue weighted by molar-refractivity contribution is -0.119. The van der Waals surface area contributed by atoms with Gasteiger partial charge in [0.2, 0.25) is 0 Å². The highest BCUT2D eigenvalue weighted by atomic mass is 16.5. The summed E-state index contributed by atoms with van der Waals surface area (Å²) in [5.41, 5.74) is 4.30. The first kappa shape index (κ1) is 26.7. The summed E-state index contributed by atoms with van der Waals surface area (Å²) in [7, 11) is 1.55. The van der Waals surface area contributed by atoms with Crippen molar-refractivity contribution in [1.29, 1.82) is 0 Å². The second kappa shape index (κ2) is 10.0. The van der Waals surface area contributed by atoms with Crippen molar-refractivity contribution >= 4 is 23.2 Å². The molecule has 0 fully saturated rings. The maximum atomic E-state index is 13.5. The molecule has 2 aromatic carbocycles. The van der Waals surface area contributed by atoms with Crippen molar-refractivity contribution in [3.8, 4) is 11.5 Å². The number of hydrogen-bond acceptors (Lipinski definition) is 6. The summed E-state index contributed by atoms with van der Waals surface area (Å²) in [6.45, 7) is 8.23. The SMILES string of the molecule is COc1ccccc1NC(=O)COc1cccc(C2C3=C(CC(C)(C)CC3=O)NC3=C2C(=O)CC(C)(C)C3)c1. The number of dihydropyridines is 1. The number of carbonyl (C=O) groups is 3. The number of ketones is 2. The van der Waals surface area contributed by atoms with Crippen LogP contribution in [0.1, 0.15) is 64.9 Å². The number of methoxy groups -OCH3 is 1. The molecule has 0 spiro atoms. The fourth-order valence-corrected chi connectivity index (χ4v) is 6.09. The number of rotatable bonds is 6. The van der Waals surface area contributed by atoms with Crippen LogP contribution in [0, 0.1) is 10.8 Å². The molecule has 2 aromatic rings. The molecule has 1 heterocycles. The summed E-state index contributed by atoms with van der Waals surface area (Å²) in [6.07, 6.45) is 2.36. The zero-order chi connectivity index (χ0) is 27.9. The number of Topliss-reactive ketones (excluding diaryl/α,β-unsaturated/α-hetero) is 2. The number of amides is 1. The number of ether oxygens (including phenoxy) is 2. The van der Waals surface area contributed by atoms with Crippen molar-refractivity contribution in [2.75, 3.05) is 19.0 Å². The van der Waals surface area contributed by atoms with E-state index in [1.54, 1.807) is 25.3 Å². The van der Waals surface area contributed by atoms with Gasteiger partial charge in [0, 0.05) is 41.3 Å².